The Kier molecular flexibility index (Phi) is 6.37. The highest BCUT2D eigenvalue weighted by Crippen LogP contribution is 2.11. The second-order valence-electron chi connectivity index (χ2n) is 7.22. The first-order valence-corrected chi connectivity index (χ1v) is 11.1. The van der Waals surface area contributed by atoms with Crippen LogP contribution in [0.25, 0.3) is 5.82 Å². The number of nitrogens with one attached hydrogen (secondary N) is 1. The quantitative estimate of drug-likeness (QED) is 0.547. The van der Waals surface area contributed by atoms with Crippen LogP contribution in [-0.4, -0.2) is 40.4 Å². The minimum atomic E-state index is -3.74. The second kappa shape index (κ2) is 8.82. The molecular formula is C20H24N6O4S. The summed E-state index contributed by atoms with van der Waals surface area (Å²) >= 11 is 0. The van der Waals surface area contributed by atoms with E-state index in [1.54, 1.807) is 29.8 Å². The van der Waals surface area contributed by atoms with Crippen molar-refractivity contribution in [2.24, 2.45) is 5.14 Å². The molecule has 3 aromatic rings. The van der Waals surface area contributed by atoms with Crippen LogP contribution in [0, 0.1) is 13.8 Å². The summed E-state index contributed by atoms with van der Waals surface area (Å²) in [5, 5.41) is 16.5. The number of aryl methyl sites for hydroxylation is 2. The molecule has 0 spiro atoms. The molecule has 164 valence electrons. The Hall–Kier alpha value is -3.31. The molecule has 0 aliphatic rings. The van der Waals surface area contributed by atoms with E-state index < -0.39 is 21.6 Å². The van der Waals surface area contributed by atoms with Gasteiger partial charge in [-0.2, -0.15) is 5.10 Å². The van der Waals surface area contributed by atoms with Crippen LogP contribution in [0.2, 0.25) is 0 Å². The van der Waals surface area contributed by atoms with Crippen molar-refractivity contribution in [3.8, 4) is 5.82 Å². The highest BCUT2D eigenvalue weighted by Gasteiger charge is 2.18. The maximum Gasteiger partial charge on any atom is 0.267 e. The summed E-state index contributed by atoms with van der Waals surface area (Å²) in [5.74, 6) is 0.0843. The monoisotopic (exact) mass is 444 g/mol. The highest BCUT2D eigenvalue weighted by molar-refractivity contribution is 7.89. The Morgan fingerprint density at radius 1 is 1.13 bits per heavy atom. The normalized spacial score (nSPS) is 12.5. The van der Waals surface area contributed by atoms with Gasteiger partial charge in [0.25, 0.3) is 5.56 Å². The van der Waals surface area contributed by atoms with E-state index in [0.717, 1.165) is 21.6 Å². The SMILES string of the molecule is Cc1cc(C)n(-c2ccc(=O)n([C@@H](C)C(=O)NCCc3ccc(S(N)(=O)=O)cc3)n2)n1. The molecule has 0 bridgehead atoms. The fraction of sp³-hybridized carbons (Fsp3) is 0.300. The third-order valence-corrected chi connectivity index (χ3v) is 5.68. The first-order chi connectivity index (χ1) is 14.6. The minimum Gasteiger partial charge on any atom is -0.354 e. The summed E-state index contributed by atoms with van der Waals surface area (Å²) in [5.41, 5.74) is 2.12. The number of benzene rings is 1. The number of carbonyl (C=O) groups is 1. The number of hydrogen-bond acceptors (Lipinski definition) is 6. The Morgan fingerprint density at radius 3 is 2.39 bits per heavy atom. The fourth-order valence-corrected chi connectivity index (χ4v) is 3.62. The van der Waals surface area contributed by atoms with Crippen LogP contribution in [0.4, 0.5) is 0 Å². The lowest BCUT2D eigenvalue weighted by molar-refractivity contribution is -0.124. The summed E-state index contributed by atoms with van der Waals surface area (Å²) in [7, 11) is -3.74. The number of hydrogen-bond donors (Lipinski definition) is 2. The van der Waals surface area contributed by atoms with Gasteiger partial charge < -0.3 is 5.32 Å². The zero-order valence-corrected chi connectivity index (χ0v) is 18.3. The van der Waals surface area contributed by atoms with Crippen LogP contribution < -0.4 is 16.0 Å². The van der Waals surface area contributed by atoms with Crippen molar-refractivity contribution >= 4 is 15.9 Å². The number of nitrogens with two attached hydrogens (primary N) is 1. The smallest absolute Gasteiger partial charge is 0.267 e. The van der Waals surface area contributed by atoms with Crippen LogP contribution in [0.5, 0.6) is 0 Å². The van der Waals surface area contributed by atoms with Gasteiger partial charge in [-0.1, -0.05) is 12.1 Å². The van der Waals surface area contributed by atoms with Gasteiger partial charge in [0.15, 0.2) is 5.82 Å². The van der Waals surface area contributed by atoms with Crippen LogP contribution in [-0.2, 0) is 21.2 Å². The van der Waals surface area contributed by atoms with Crippen molar-refractivity contribution in [3.63, 3.8) is 0 Å². The van der Waals surface area contributed by atoms with Crippen molar-refractivity contribution in [3.05, 3.63) is 69.8 Å². The second-order valence-corrected chi connectivity index (χ2v) is 8.78. The van der Waals surface area contributed by atoms with Crippen molar-refractivity contribution in [1.82, 2.24) is 24.9 Å². The molecule has 2 heterocycles. The maximum absolute atomic E-state index is 12.6. The van der Waals surface area contributed by atoms with Gasteiger partial charge in [0, 0.05) is 18.3 Å². The number of amides is 1. The molecule has 3 rings (SSSR count). The van der Waals surface area contributed by atoms with Gasteiger partial charge >= 0.3 is 0 Å². The molecule has 0 fully saturated rings. The molecule has 0 saturated carbocycles. The lowest BCUT2D eigenvalue weighted by Gasteiger charge is -2.15. The molecule has 1 amide bonds. The number of nitrogens with zero attached hydrogens (tertiary/aromatic N) is 4. The zero-order chi connectivity index (χ0) is 22.8. The van der Waals surface area contributed by atoms with Crippen LogP contribution in [0.15, 0.2) is 52.2 Å². The average Bonchev–Trinajstić information content (AvgIpc) is 3.05. The van der Waals surface area contributed by atoms with E-state index in [2.05, 4.69) is 15.5 Å². The topological polar surface area (TPSA) is 142 Å². The Balaban J connectivity index is 1.67. The largest absolute Gasteiger partial charge is 0.354 e. The van der Waals surface area contributed by atoms with Gasteiger partial charge in [-0.3, -0.25) is 9.59 Å². The molecule has 3 N–H and O–H groups in total. The lowest BCUT2D eigenvalue weighted by Crippen LogP contribution is -2.38. The van der Waals surface area contributed by atoms with E-state index in [-0.39, 0.29) is 10.8 Å². The fourth-order valence-electron chi connectivity index (χ4n) is 3.10. The Morgan fingerprint density at radius 2 is 1.81 bits per heavy atom. The Bertz CT molecular complexity index is 1260. The van der Waals surface area contributed by atoms with Crippen molar-refractivity contribution in [2.75, 3.05) is 6.54 Å². The highest BCUT2D eigenvalue weighted by atomic mass is 32.2. The van der Waals surface area contributed by atoms with Crippen molar-refractivity contribution in [1.29, 1.82) is 0 Å². The van der Waals surface area contributed by atoms with Crippen LogP contribution in [0.3, 0.4) is 0 Å². The van der Waals surface area contributed by atoms with Gasteiger partial charge in [0.1, 0.15) is 6.04 Å². The number of sulfonamides is 1. The van der Waals surface area contributed by atoms with Gasteiger partial charge in [-0.25, -0.2) is 22.9 Å². The molecule has 2 aromatic heterocycles. The maximum atomic E-state index is 12.6. The molecule has 10 nitrogen and oxygen atoms in total. The van der Waals surface area contributed by atoms with Gasteiger partial charge in [0.05, 0.1) is 10.6 Å². The predicted molar refractivity (Wildman–Crippen MR) is 114 cm³/mol. The molecule has 11 heteroatoms. The molecule has 0 radical (unpaired) electrons. The van der Waals surface area contributed by atoms with Gasteiger partial charge in [-0.05, 0) is 57.0 Å². The van der Waals surface area contributed by atoms with E-state index in [1.807, 2.05) is 19.9 Å². The summed E-state index contributed by atoms with van der Waals surface area (Å²) in [6, 6.07) is 10.1. The van der Waals surface area contributed by atoms with E-state index in [0.29, 0.717) is 18.8 Å². The number of aromatic nitrogens is 4. The third-order valence-electron chi connectivity index (χ3n) is 4.75. The van der Waals surface area contributed by atoms with Gasteiger partial charge in [0.2, 0.25) is 15.9 Å². The zero-order valence-electron chi connectivity index (χ0n) is 17.4. The number of carbonyl (C=O) groups excluding carboxylic acids is 1. The molecule has 0 aliphatic heterocycles. The molecule has 31 heavy (non-hydrogen) atoms. The molecule has 0 aliphatic carbocycles. The first kappa shape index (κ1) is 22.4. The Labute approximate surface area is 179 Å². The minimum absolute atomic E-state index is 0.0295. The number of primary sulfonamides is 1. The molecule has 0 saturated heterocycles. The van der Waals surface area contributed by atoms with E-state index in [4.69, 9.17) is 5.14 Å². The lowest BCUT2D eigenvalue weighted by atomic mass is 10.1. The van der Waals surface area contributed by atoms with Crippen LogP contribution >= 0.6 is 0 Å². The molecular weight excluding hydrogens is 420 g/mol. The summed E-state index contributed by atoms with van der Waals surface area (Å²) in [4.78, 5) is 24.9. The first-order valence-electron chi connectivity index (χ1n) is 9.59. The van der Waals surface area contributed by atoms with E-state index in [9.17, 15) is 18.0 Å². The summed E-state index contributed by atoms with van der Waals surface area (Å²) < 4.78 is 25.3. The van der Waals surface area contributed by atoms with E-state index in [1.165, 1.54) is 18.2 Å². The average molecular weight is 445 g/mol. The van der Waals surface area contributed by atoms with E-state index >= 15 is 0 Å². The molecule has 0 unspecified atom stereocenters. The standard InChI is InChI=1S/C20H24N6O4S/c1-13-12-14(2)25(23-13)18-8-9-19(27)26(24-18)15(3)20(28)22-11-10-16-4-6-17(7-5-16)31(21,29)30/h4-9,12,15H,10-11H2,1-3H3,(H,22,28)(H2,21,29,30)/t15-/m0/s1. The van der Waals surface area contributed by atoms with Crippen molar-refractivity contribution < 1.29 is 13.2 Å². The summed E-state index contributed by atoms with van der Waals surface area (Å²) in [6.07, 6.45) is 0.484. The molecule has 1 aromatic carbocycles. The predicted octanol–water partition coefficient (Wildman–Crippen LogP) is 0.613. The molecule has 1 atom stereocenters. The van der Waals surface area contributed by atoms with Crippen molar-refractivity contribution in [2.45, 2.75) is 38.1 Å². The summed E-state index contributed by atoms with van der Waals surface area (Å²) in [6.45, 7) is 5.64. The van der Waals surface area contributed by atoms with Gasteiger partial charge in [-0.15, -0.1) is 5.10 Å². The third kappa shape index (κ3) is 5.25. The number of rotatable bonds is 7. The van der Waals surface area contributed by atoms with Crippen LogP contribution in [0.1, 0.15) is 29.9 Å².